The molecule has 43 heavy (non-hydrogen) atoms. The molecule has 10 rings (SSSR count). The second-order valence-corrected chi connectivity index (χ2v) is 11.3. The Morgan fingerprint density at radius 2 is 0.977 bits per heavy atom. The van der Waals surface area contributed by atoms with Crippen LogP contribution in [0.5, 0.6) is 0 Å². The van der Waals surface area contributed by atoms with Gasteiger partial charge < -0.3 is 9.13 Å². The third kappa shape index (κ3) is 2.97. The molecule has 0 bridgehead atoms. The van der Waals surface area contributed by atoms with Gasteiger partial charge in [-0.2, -0.15) is 0 Å². The van der Waals surface area contributed by atoms with E-state index in [-0.39, 0.29) is 0 Å². The zero-order chi connectivity index (χ0) is 28.1. The third-order valence-corrected chi connectivity index (χ3v) is 9.07. The lowest BCUT2D eigenvalue weighted by Gasteiger charge is -2.13. The molecule has 4 heterocycles. The van der Waals surface area contributed by atoms with Gasteiger partial charge in [-0.3, -0.25) is 4.40 Å². The van der Waals surface area contributed by atoms with Crippen molar-refractivity contribution in [2.75, 3.05) is 0 Å². The van der Waals surface area contributed by atoms with Crippen molar-refractivity contribution in [3.8, 4) is 11.4 Å². The highest BCUT2D eigenvalue weighted by molar-refractivity contribution is 6.30. The zero-order valence-electron chi connectivity index (χ0n) is 23.1. The molecule has 4 nitrogen and oxygen atoms in total. The van der Waals surface area contributed by atoms with Crippen LogP contribution >= 0.6 is 0 Å². The van der Waals surface area contributed by atoms with Crippen molar-refractivity contribution in [1.82, 2.24) is 18.5 Å². The lowest BCUT2D eigenvalue weighted by Crippen LogP contribution is -1.95. The molecule has 0 aliphatic heterocycles. The number of benzene rings is 6. The highest BCUT2D eigenvalue weighted by Gasteiger charge is 2.21. The van der Waals surface area contributed by atoms with Gasteiger partial charge in [0.15, 0.2) is 0 Å². The SMILES string of the molecule is c1ccc(-n2c3ccccc3c3cc4c(cc32)c2ccc3c(c5ccccc5n3-c3ccccc3)c2c2nccn42)cc1. The van der Waals surface area contributed by atoms with Gasteiger partial charge in [-0.25, -0.2) is 4.98 Å². The predicted octanol–water partition coefficient (Wildman–Crippen LogP) is 9.83. The van der Waals surface area contributed by atoms with Gasteiger partial charge in [-0.1, -0.05) is 78.9 Å². The molecule has 4 heteroatoms. The smallest absolute Gasteiger partial charge is 0.145 e. The van der Waals surface area contributed by atoms with Crippen LogP contribution in [0.15, 0.2) is 146 Å². The summed E-state index contributed by atoms with van der Waals surface area (Å²) in [5.74, 6) is 0. The molecule has 0 amide bonds. The Morgan fingerprint density at radius 1 is 0.395 bits per heavy atom. The topological polar surface area (TPSA) is 27.2 Å². The van der Waals surface area contributed by atoms with Crippen LogP contribution in [0.2, 0.25) is 0 Å². The Hall–Kier alpha value is -5.87. The van der Waals surface area contributed by atoms with Gasteiger partial charge in [0.2, 0.25) is 0 Å². The van der Waals surface area contributed by atoms with Crippen molar-refractivity contribution in [3.05, 3.63) is 146 Å². The number of fused-ring (bicyclic) bond motifs is 13. The average molecular weight is 549 g/mol. The Kier molecular flexibility index (Phi) is 4.42. The van der Waals surface area contributed by atoms with Gasteiger partial charge in [0.1, 0.15) is 5.65 Å². The van der Waals surface area contributed by atoms with E-state index < -0.39 is 0 Å². The molecule has 200 valence electrons. The summed E-state index contributed by atoms with van der Waals surface area (Å²) in [6.07, 6.45) is 4.04. The number of para-hydroxylation sites is 4. The monoisotopic (exact) mass is 548 g/mol. The summed E-state index contributed by atoms with van der Waals surface area (Å²) >= 11 is 0. The Labute approximate surface area is 246 Å². The van der Waals surface area contributed by atoms with E-state index in [2.05, 4.69) is 153 Å². The molecule has 0 unspecified atom stereocenters. The summed E-state index contributed by atoms with van der Waals surface area (Å²) in [6.45, 7) is 0. The molecule has 0 N–H and O–H groups in total. The first-order valence-electron chi connectivity index (χ1n) is 14.7. The molecular weight excluding hydrogens is 524 g/mol. The largest absolute Gasteiger partial charge is 0.309 e. The van der Waals surface area contributed by atoms with Gasteiger partial charge in [-0.05, 0) is 60.0 Å². The molecular formula is C39H24N4. The van der Waals surface area contributed by atoms with Crippen LogP contribution in [-0.4, -0.2) is 18.5 Å². The third-order valence-electron chi connectivity index (χ3n) is 9.07. The molecule has 0 atom stereocenters. The van der Waals surface area contributed by atoms with Crippen LogP contribution in [0.1, 0.15) is 0 Å². The first-order chi connectivity index (χ1) is 21.4. The minimum Gasteiger partial charge on any atom is -0.309 e. The quantitative estimate of drug-likeness (QED) is 0.198. The number of nitrogens with zero attached hydrogens (tertiary/aromatic N) is 4. The van der Waals surface area contributed by atoms with Gasteiger partial charge >= 0.3 is 0 Å². The fraction of sp³-hybridized carbons (Fsp3) is 0. The van der Waals surface area contributed by atoms with Gasteiger partial charge in [0, 0.05) is 56.1 Å². The molecule has 0 radical (unpaired) electrons. The van der Waals surface area contributed by atoms with Crippen molar-refractivity contribution in [2.45, 2.75) is 0 Å². The van der Waals surface area contributed by atoms with E-state index in [1.165, 1.54) is 59.8 Å². The number of imidazole rings is 1. The van der Waals surface area contributed by atoms with Crippen LogP contribution in [0.25, 0.3) is 82.3 Å². The molecule has 0 fully saturated rings. The Morgan fingerprint density at radius 3 is 1.72 bits per heavy atom. The van der Waals surface area contributed by atoms with Crippen molar-refractivity contribution >= 4 is 70.9 Å². The van der Waals surface area contributed by atoms with E-state index in [0.717, 1.165) is 22.5 Å². The molecule has 0 aliphatic rings. The molecule has 0 saturated heterocycles. The zero-order valence-corrected chi connectivity index (χ0v) is 23.1. The van der Waals surface area contributed by atoms with Crippen molar-refractivity contribution < 1.29 is 0 Å². The maximum atomic E-state index is 4.98. The Bertz CT molecular complexity index is 2710. The minimum atomic E-state index is 0.982. The number of aromatic nitrogens is 4. The summed E-state index contributed by atoms with van der Waals surface area (Å²) in [5.41, 5.74) is 9.25. The summed E-state index contributed by atoms with van der Waals surface area (Å²) < 4.78 is 7.05. The van der Waals surface area contributed by atoms with Crippen molar-refractivity contribution in [2.24, 2.45) is 0 Å². The Balaban J connectivity index is 1.44. The first-order valence-corrected chi connectivity index (χ1v) is 14.7. The summed E-state index contributed by atoms with van der Waals surface area (Å²) in [6, 6.07) is 48.1. The van der Waals surface area contributed by atoms with Crippen molar-refractivity contribution in [3.63, 3.8) is 0 Å². The molecule has 0 aliphatic carbocycles. The summed E-state index contributed by atoms with van der Waals surface area (Å²) in [4.78, 5) is 4.98. The van der Waals surface area contributed by atoms with Crippen LogP contribution in [0.3, 0.4) is 0 Å². The van der Waals surface area contributed by atoms with Crippen molar-refractivity contribution in [1.29, 1.82) is 0 Å². The molecule has 4 aromatic heterocycles. The number of rotatable bonds is 2. The van der Waals surface area contributed by atoms with E-state index in [0.29, 0.717) is 0 Å². The van der Waals surface area contributed by atoms with Crippen LogP contribution in [0, 0.1) is 0 Å². The number of hydrogen-bond acceptors (Lipinski definition) is 1. The molecule has 6 aromatic carbocycles. The highest BCUT2D eigenvalue weighted by Crippen LogP contribution is 2.42. The van der Waals surface area contributed by atoms with E-state index in [4.69, 9.17) is 4.98 Å². The van der Waals surface area contributed by atoms with Gasteiger partial charge in [0.25, 0.3) is 0 Å². The molecule has 0 saturated carbocycles. The second-order valence-electron chi connectivity index (χ2n) is 11.3. The average Bonchev–Trinajstić information content (AvgIpc) is 3.77. The van der Waals surface area contributed by atoms with Gasteiger partial charge in [0.05, 0.1) is 27.6 Å². The molecule has 0 spiro atoms. The summed E-state index contributed by atoms with van der Waals surface area (Å²) in [5, 5.41) is 8.56. The fourth-order valence-corrected chi connectivity index (χ4v) is 7.33. The van der Waals surface area contributed by atoms with E-state index in [9.17, 15) is 0 Å². The van der Waals surface area contributed by atoms with E-state index in [1.807, 2.05) is 6.20 Å². The first kappa shape index (κ1) is 22.8. The van der Waals surface area contributed by atoms with Crippen LogP contribution in [-0.2, 0) is 0 Å². The summed E-state index contributed by atoms with van der Waals surface area (Å²) in [7, 11) is 0. The number of pyridine rings is 1. The van der Waals surface area contributed by atoms with E-state index >= 15 is 0 Å². The van der Waals surface area contributed by atoms with Crippen LogP contribution in [0.4, 0.5) is 0 Å². The minimum absolute atomic E-state index is 0.982. The fourth-order valence-electron chi connectivity index (χ4n) is 7.33. The van der Waals surface area contributed by atoms with Crippen LogP contribution < -0.4 is 0 Å². The van der Waals surface area contributed by atoms with Gasteiger partial charge in [-0.15, -0.1) is 0 Å². The maximum absolute atomic E-state index is 4.98. The lowest BCUT2D eigenvalue weighted by molar-refractivity contribution is 1.18. The number of hydrogen-bond donors (Lipinski definition) is 0. The maximum Gasteiger partial charge on any atom is 0.145 e. The van der Waals surface area contributed by atoms with E-state index in [1.54, 1.807) is 0 Å². The lowest BCUT2D eigenvalue weighted by atomic mass is 9.99. The predicted molar refractivity (Wildman–Crippen MR) is 179 cm³/mol. The highest BCUT2D eigenvalue weighted by atomic mass is 15.0. The molecule has 10 aromatic rings. The standard InChI is InChI=1S/C39H24N4/c1-3-11-25(12-4-1)42-33-18-10-8-16-29(33)37-34(42)20-19-28-31-24-36-30(23-35(31)41-22-21-40-39(41)38(28)37)27-15-7-9-17-32(27)43(36)26-13-5-2-6-14-26/h1-24H. The second kappa shape index (κ2) is 8.34. The normalized spacial score (nSPS) is 12.2.